The Morgan fingerprint density at radius 1 is 1.13 bits per heavy atom. The summed E-state index contributed by atoms with van der Waals surface area (Å²) in [5.74, 6) is -0.127. The highest BCUT2D eigenvalue weighted by atomic mass is 16.2. The molecule has 1 aromatic carbocycles. The quantitative estimate of drug-likeness (QED) is 0.891. The summed E-state index contributed by atoms with van der Waals surface area (Å²) in [6.07, 6.45) is 1.70. The molecule has 1 aromatic heterocycles. The molecule has 2 aromatic rings. The highest BCUT2D eigenvalue weighted by Gasteiger charge is 2.10. The Balaban J connectivity index is 1.93. The summed E-state index contributed by atoms with van der Waals surface area (Å²) in [6, 6.07) is 12.1. The predicted molar refractivity (Wildman–Crippen MR) is 89.2 cm³/mol. The molecule has 0 aliphatic heterocycles. The van der Waals surface area contributed by atoms with Gasteiger partial charge in [0.2, 0.25) is 0 Å². The Bertz CT molecular complexity index is 656. The Morgan fingerprint density at radius 3 is 2.48 bits per heavy atom. The van der Waals surface area contributed by atoms with Crippen LogP contribution >= 0.6 is 0 Å². The lowest BCUT2D eigenvalue weighted by atomic mass is 10.2. The number of anilines is 1. The summed E-state index contributed by atoms with van der Waals surface area (Å²) < 4.78 is 0. The van der Waals surface area contributed by atoms with Crippen LogP contribution < -0.4 is 10.6 Å². The van der Waals surface area contributed by atoms with E-state index in [9.17, 15) is 9.59 Å². The van der Waals surface area contributed by atoms with Crippen molar-refractivity contribution in [3.63, 3.8) is 0 Å². The van der Waals surface area contributed by atoms with Gasteiger partial charge in [-0.3, -0.25) is 9.78 Å². The zero-order valence-corrected chi connectivity index (χ0v) is 13.2. The Kier molecular flexibility index (Phi) is 5.68. The molecule has 0 saturated carbocycles. The van der Waals surface area contributed by atoms with E-state index in [2.05, 4.69) is 15.6 Å². The van der Waals surface area contributed by atoms with Crippen molar-refractivity contribution in [2.75, 3.05) is 18.9 Å². The highest BCUT2D eigenvalue weighted by Crippen LogP contribution is 2.11. The van der Waals surface area contributed by atoms with Crippen LogP contribution in [0.3, 0.4) is 0 Å². The minimum Gasteiger partial charge on any atom is -0.352 e. The average molecular weight is 312 g/mol. The number of aromatic nitrogens is 1. The molecule has 2 N–H and O–H groups in total. The van der Waals surface area contributed by atoms with Crippen LogP contribution in [0, 0.1) is 0 Å². The van der Waals surface area contributed by atoms with Crippen molar-refractivity contribution >= 4 is 17.6 Å². The lowest BCUT2D eigenvalue weighted by Crippen LogP contribution is -2.31. The largest absolute Gasteiger partial charge is 0.352 e. The van der Waals surface area contributed by atoms with Gasteiger partial charge in [-0.2, -0.15) is 0 Å². The van der Waals surface area contributed by atoms with E-state index in [1.165, 1.54) is 0 Å². The number of urea groups is 1. The first kappa shape index (κ1) is 16.5. The number of nitrogens with zero attached hydrogens (tertiary/aromatic N) is 2. The Hall–Kier alpha value is -2.89. The van der Waals surface area contributed by atoms with Crippen LogP contribution in [0.4, 0.5) is 10.5 Å². The van der Waals surface area contributed by atoms with Gasteiger partial charge in [0.1, 0.15) is 0 Å². The number of amides is 3. The molecule has 0 radical (unpaired) electrons. The topological polar surface area (TPSA) is 74.3 Å². The third kappa shape index (κ3) is 4.81. The van der Waals surface area contributed by atoms with Crippen LogP contribution in [0.2, 0.25) is 0 Å². The fraction of sp³-hybridized carbons (Fsp3) is 0.235. The van der Waals surface area contributed by atoms with Crippen molar-refractivity contribution in [1.82, 2.24) is 15.2 Å². The van der Waals surface area contributed by atoms with E-state index < -0.39 is 0 Å². The summed E-state index contributed by atoms with van der Waals surface area (Å²) in [4.78, 5) is 29.6. The standard InChI is InChI=1S/C17H20N4O2/c1-3-18-16(22)13-7-9-14(10-8-13)20-17(23)21(2)12-15-6-4-5-11-19-15/h4-11H,3,12H2,1-2H3,(H,18,22)(H,20,23). The van der Waals surface area contributed by atoms with E-state index in [4.69, 9.17) is 0 Å². The van der Waals surface area contributed by atoms with Crippen LogP contribution in [0.5, 0.6) is 0 Å². The summed E-state index contributed by atoms with van der Waals surface area (Å²) in [7, 11) is 1.70. The van der Waals surface area contributed by atoms with E-state index in [1.54, 1.807) is 42.4 Å². The molecule has 6 nitrogen and oxygen atoms in total. The van der Waals surface area contributed by atoms with Crippen molar-refractivity contribution < 1.29 is 9.59 Å². The molecule has 3 amide bonds. The van der Waals surface area contributed by atoms with Crippen molar-refractivity contribution in [3.05, 3.63) is 59.9 Å². The van der Waals surface area contributed by atoms with Crippen molar-refractivity contribution in [2.24, 2.45) is 0 Å². The number of carbonyl (C=O) groups is 2. The summed E-state index contributed by atoms with van der Waals surface area (Å²) >= 11 is 0. The fourth-order valence-corrected chi connectivity index (χ4v) is 1.99. The van der Waals surface area contributed by atoms with Gasteiger partial charge in [0, 0.05) is 31.0 Å². The van der Waals surface area contributed by atoms with Gasteiger partial charge in [-0.25, -0.2) is 4.79 Å². The second-order valence-corrected chi connectivity index (χ2v) is 5.04. The van der Waals surface area contributed by atoms with Gasteiger partial charge in [0.15, 0.2) is 0 Å². The SMILES string of the molecule is CCNC(=O)c1ccc(NC(=O)N(C)Cc2ccccn2)cc1. The van der Waals surface area contributed by atoms with E-state index in [0.29, 0.717) is 24.3 Å². The molecule has 0 aliphatic rings. The number of rotatable bonds is 5. The molecular weight excluding hydrogens is 292 g/mol. The molecule has 0 unspecified atom stereocenters. The van der Waals surface area contributed by atoms with Gasteiger partial charge in [0.05, 0.1) is 12.2 Å². The Morgan fingerprint density at radius 2 is 1.87 bits per heavy atom. The minimum atomic E-state index is -0.235. The molecule has 0 spiro atoms. The third-order valence-electron chi connectivity index (χ3n) is 3.21. The minimum absolute atomic E-state index is 0.127. The molecule has 0 fully saturated rings. The molecule has 1 heterocycles. The molecular formula is C17H20N4O2. The van der Waals surface area contributed by atoms with Gasteiger partial charge < -0.3 is 15.5 Å². The molecule has 23 heavy (non-hydrogen) atoms. The molecule has 0 saturated heterocycles. The number of hydrogen-bond donors (Lipinski definition) is 2. The second kappa shape index (κ2) is 7.93. The van der Waals surface area contributed by atoms with Crippen LogP contribution in [0.1, 0.15) is 23.0 Å². The van der Waals surface area contributed by atoms with E-state index in [0.717, 1.165) is 5.69 Å². The van der Waals surface area contributed by atoms with Gasteiger partial charge in [-0.1, -0.05) is 6.07 Å². The zero-order valence-electron chi connectivity index (χ0n) is 13.2. The highest BCUT2D eigenvalue weighted by molar-refractivity contribution is 5.95. The smallest absolute Gasteiger partial charge is 0.321 e. The zero-order chi connectivity index (χ0) is 16.7. The van der Waals surface area contributed by atoms with Gasteiger partial charge in [-0.15, -0.1) is 0 Å². The molecule has 2 rings (SSSR count). The number of pyridine rings is 1. The molecule has 0 bridgehead atoms. The van der Waals surface area contributed by atoms with Crippen LogP contribution in [-0.4, -0.2) is 35.4 Å². The molecule has 0 aliphatic carbocycles. The first-order valence-corrected chi connectivity index (χ1v) is 7.40. The molecule has 120 valence electrons. The normalized spacial score (nSPS) is 10.0. The monoisotopic (exact) mass is 312 g/mol. The average Bonchev–Trinajstić information content (AvgIpc) is 2.56. The first-order chi connectivity index (χ1) is 11.1. The number of hydrogen-bond acceptors (Lipinski definition) is 3. The summed E-state index contributed by atoms with van der Waals surface area (Å²) in [5, 5.41) is 5.51. The van der Waals surface area contributed by atoms with Crippen LogP contribution in [0.15, 0.2) is 48.7 Å². The van der Waals surface area contributed by atoms with E-state index in [-0.39, 0.29) is 11.9 Å². The fourth-order valence-electron chi connectivity index (χ4n) is 1.99. The summed E-state index contributed by atoms with van der Waals surface area (Å²) in [6.45, 7) is 2.86. The number of nitrogens with one attached hydrogen (secondary N) is 2. The second-order valence-electron chi connectivity index (χ2n) is 5.04. The van der Waals surface area contributed by atoms with E-state index >= 15 is 0 Å². The first-order valence-electron chi connectivity index (χ1n) is 7.40. The number of carbonyl (C=O) groups excluding carboxylic acids is 2. The third-order valence-corrected chi connectivity index (χ3v) is 3.21. The van der Waals surface area contributed by atoms with Crippen LogP contribution in [-0.2, 0) is 6.54 Å². The van der Waals surface area contributed by atoms with E-state index in [1.807, 2.05) is 25.1 Å². The van der Waals surface area contributed by atoms with Gasteiger partial charge in [-0.05, 0) is 43.3 Å². The van der Waals surface area contributed by atoms with Gasteiger partial charge >= 0.3 is 6.03 Å². The predicted octanol–water partition coefficient (Wildman–Crippen LogP) is 2.50. The van der Waals surface area contributed by atoms with Crippen molar-refractivity contribution in [2.45, 2.75) is 13.5 Å². The maximum atomic E-state index is 12.1. The molecule has 6 heteroatoms. The lowest BCUT2D eigenvalue weighted by Gasteiger charge is -2.17. The maximum absolute atomic E-state index is 12.1. The maximum Gasteiger partial charge on any atom is 0.321 e. The van der Waals surface area contributed by atoms with Crippen molar-refractivity contribution in [1.29, 1.82) is 0 Å². The van der Waals surface area contributed by atoms with Crippen LogP contribution in [0.25, 0.3) is 0 Å². The van der Waals surface area contributed by atoms with Gasteiger partial charge in [0.25, 0.3) is 5.91 Å². The van der Waals surface area contributed by atoms with Crippen molar-refractivity contribution in [3.8, 4) is 0 Å². The Labute approximate surface area is 135 Å². The number of benzene rings is 1. The summed E-state index contributed by atoms with van der Waals surface area (Å²) in [5.41, 5.74) is 2.01. The molecule has 0 atom stereocenters. The lowest BCUT2D eigenvalue weighted by molar-refractivity contribution is 0.0956.